The van der Waals surface area contributed by atoms with E-state index < -0.39 is 15.1 Å². The second-order valence-corrected chi connectivity index (χ2v) is 10.1. The fraction of sp³-hybridized carbons (Fsp3) is 0.409. The van der Waals surface area contributed by atoms with Crippen LogP contribution in [0.5, 0.6) is 0 Å². The number of nitrogens with zero attached hydrogens (tertiary/aromatic N) is 3. The molecule has 0 aliphatic carbocycles. The average molecular weight is 432 g/mol. The van der Waals surface area contributed by atoms with Crippen LogP contribution in [0.3, 0.4) is 0 Å². The molecule has 160 valence electrons. The van der Waals surface area contributed by atoms with Crippen molar-refractivity contribution in [2.75, 3.05) is 37.6 Å². The van der Waals surface area contributed by atoms with Gasteiger partial charge < -0.3 is 10.1 Å². The SMILES string of the molecule is O=S1(=O)c2ccccc2C(=NO)CC1CCCN1CCN(c2ccc(F)cc2)CC1. The molecule has 0 spiro atoms. The molecule has 2 aliphatic rings. The lowest BCUT2D eigenvalue weighted by molar-refractivity contribution is 0.252. The molecule has 0 aromatic heterocycles. The van der Waals surface area contributed by atoms with Gasteiger partial charge in [-0.25, -0.2) is 12.8 Å². The number of anilines is 1. The lowest BCUT2D eigenvalue weighted by Gasteiger charge is -2.36. The Bertz CT molecular complexity index is 1020. The molecule has 30 heavy (non-hydrogen) atoms. The Morgan fingerprint density at radius 2 is 1.73 bits per heavy atom. The number of hydrogen-bond donors (Lipinski definition) is 1. The molecule has 1 saturated heterocycles. The molecule has 2 heterocycles. The third-order valence-electron chi connectivity index (χ3n) is 6.05. The number of rotatable bonds is 5. The summed E-state index contributed by atoms with van der Waals surface area (Å²) in [5, 5.41) is 12.1. The molecule has 0 amide bonds. The van der Waals surface area contributed by atoms with Crippen molar-refractivity contribution in [1.82, 2.24) is 4.90 Å². The van der Waals surface area contributed by atoms with Crippen molar-refractivity contribution in [3.8, 4) is 0 Å². The van der Waals surface area contributed by atoms with Crippen molar-refractivity contribution in [2.24, 2.45) is 5.16 Å². The maximum Gasteiger partial charge on any atom is 0.182 e. The van der Waals surface area contributed by atoms with E-state index in [0.717, 1.165) is 44.8 Å². The van der Waals surface area contributed by atoms with Crippen molar-refractivity contribution in [2.45, 2.75) is 29.4 Å². The van der Waals surface area contributed by atoms with Crippen molar-refractivity contribution in [1.29, 1.82) is 0 Å². The zero-order valence-electron chi connectivity index (χ0n) is 16.7. The molecule has 1 N–H and O–H groups in total. The van der Waals surface area contributed by atoms with Gasteiger partial charge in [0, 0.05) is 43.9 Å². The minimum Gasteiger partial charge on any atom is -0.411 e. The highest BCUT2D eigenvalue weighted by Gasteiger charge is 2.36. The molecule has 1 fully saturated rings. The summed E-state index contributed by atoms with van der Waals surface area (Å²) in [7, 11) is -3.43. The fourth-order valence-corrected chi connectivity index (χ4v) is 6.32. The average Bonchev–Trinajstić information content (AvgIpc) is 2.76. The van der Waals surface area contributed by atoms with Crippen LogP contribution in [0.15, 0.2) is 58.6 Å². The molecular formula is C22H26FN3O3S. The summed E-state index contributed by atoms with van der Waals surface area (Å²) in [4.78, 5) is 4.84. The molecule has 0 radical (unpaired) electrons. The van der Waals surface area contributed by atoms with E-state index in [9.17, 15) is 18.0 Å². The topological polar surface area (TPSA) is 73.2 Å². The summed E-state index contributed by atoms with van der Waals surface area (Å²) in [6.07, 6.45) is 1.55. The molecule has 4 rings (SSSR count). The molecule has 2 aliphatic heterocycles. The number of fused-ring (bicyclic) bond motifs is 1. The van der Waals surface area contributed by atoms with E-state index in [0.29, 0.717) is 17.7 Å². The van der Waals surface area contributed by atoms with Gasteiger partial charge in [-0.1, -0.05) is 23.4 Å². The van der Waals surface area contributed by atoms with Crippen molar-refractivity contribution in [3.63, 3.8) is 0 Å². The van der Waals surface area contributed by atoms with Crippen LogP contribution in [-0.2, 0) is 9.84 Å². The monoisotopic (exact) mass is 431 g/mol. The normalized spacial score (nSPS) is 22.8. The quantitative estimate of drug-likeness (QED) is 0.582. The maximum absolute atomic E-state index is 13.1. The van der Waals surface area contributed by atoms with Gasteiger partial charge in [-0.2, -0.15) is 0 Å². The Labute approximate surface area is 176 Å². The van der Waals surface area contributed by atoms with Crippen LogP contribution in [-0.4, -0.2) is 62.2 Å². The minimum absolute atomic E-state index is 0.230. The van der Waals surface area contributed by atoms with Crippen LogP contribution >= 0.6 is 0 Å². The Hall–Kier alpha value is -2.45. The van der Waals surface area contributed by atoms with E-state index in [-0.39, 0.29) is 17.1 Å². The van der Waals surface area contributed by atoms with Crippen LogP contribution in [0.4, 0.5) is 10.1 Å². The van der Waals surface area contributed by atoms with Gasteiger partial charge in [-0.15, -0.1) is 0 Å². The first-order valence-electron chi connectivity index (χ1n) is 10.3. The molecule has 0 bridgehead atoms. The van der Waals surface area contributed by atoms with Crippen molar-refractivity contribution < 1.29 is 18.0 Å². The lowest BCUT2D eigenvalue weighted by atomic mass is 10.0. The van der Waals surface area contributed by atoms with Crippen LogP contribution in [0.1, 0.15) is 24.8 Å². The van der Waals surface area contributed by atoms with Crippen molar-refractivity contribution in [3.05, 3.63) is 59.9 Å². The van der Waals surface area contributed by atoms with Gasteiger partial charge in [-0.05, 0) is 49.7 Å². The molecular weight excluding hydrogens is 405 g/mol. The second-order valence-electron chi connectivity index (χ2n) is 7.86. The molecule has 8 heteroatoms. The van der Waals surface area contributed by atoms with Gasteiger partial charge in [-0.3, -0.25) is 4.90 Å². The summed E-state index contributed by atoms with van der Waals surface area (Å²) in [5.41, 5.74) is 1.98. The minimum atomic E-state index is -3.43. The number of halogens is 1. The largest absolute Gasteiger partial charge is 0.411 e. The third-order valence-corrected chi connectivity index (χ3v) is 8.30. The van der Waals surface area contributed by atoms with Crippen LogP contribution in [0.2, 0.25) is 0 Å². The zero-order valence-corrected chi connectivity index (χ0v) is 17.6. The summed E-state index contributed by atoms with van der Waals surface area (Å²) in [6.45, 7) is 4.34. The molecule has 1 unspecified atom stereocenters. The standard InChI is InChI=1S/C22H26FN3O3S/c23-17-7-9-18(10-8-17)26-14-12-25(13-15-26)11-3-4-19-16-21(24-27)20-5-1-2-6-22(20)30(19,28)29/h1-2,5-10,19,27H,3-4,11-16H2. The highest BCUT2D eigenvalue weighted by molar-refractivity contribution is 7.92. The Morgan fingerprint density at radius 3 is 2.43 bits per heavy atom. The Kier molecular flexibility index (Phi) is 6.06. The highest BCUT2D eigenvalue weighted by Crippen LogP contribution is 2.32. The van der Waals surface area contributed by atoms with E-state index in [1.165, 1.54) is 12.1 Å². The first-order chi connectivity index (χ1) is 14.5. The van der Waals surface area contributed by atoms with Gasteiger partial charge in [0.25, 0.3) is 0 Å². The summed E-state index contributed by atoms with van der Waals surface area (Å²) >= 11 is 0. The van der Waals surface area contributed by atoms with Gasteiger partial charge in [0.05, 0.1) is 15.9 Å². The number of benzene rings is 2. The van der Waals surface area contributed by atoms with Crippen LogP contribution in [0, 0.1) is 5.82 Å². The first-order valence-corrected chi connectivity index (χ1v) is 11.8. The van der Waals surface area contributed by atoms with Crippen molar-refractivity contribution >= 4 is 21.2 Å². The first kappa shape index (κ1) is 20.8. The third kappa shape index (κ3) is 4.20. The second kappa shape index (κ2) is 8.73. The highest BCUT2D eigenvalue weighted by atomic mass is 32.2. The Morgan fingerprint density at radius 1 is 1.03 bits per heavy atom. The predicted octanol–water partition coefficient (Wildman–Crippen LogP) is 3.15. The fourth-order valence-electron chi connectivity index (χ4n) is 4.34. The number of oxime groups is 1. The number of hydrogen-bond acceptors (Lipinski definition) is 6. The molecule has 0 saturated carbocycles. The lowest BCUT2D eigenvalue weighted by Crippen LogP contribution is -2.46. The summed E-state index contributed by atoms with van der Waals surface area (Å²) < 4.78 is 39.1. The Balaban J connectivity index is 1.31. The summed E-state index contributed by atoms with van der Waals surface area (Å²) in [5.74, 6) is -0.230. The van der Waals surface area contributed by atoms with Gasteiger partial charge in [0.2, 0.25) is 0 Å². The van der Waals surface area contributed by atoms with E-state index in [1.807, 2.05) is 0 Å². The maximum atomic E-state index is 13.1. The van der Waals surface area contributed by atoms with E-state index >= 15 is 0 Å². The van der Waals surface area contributed by atoms with Crippen LogP contribution < -0.4 is 4.90 Å². The van der Waals surface area contributed by atoms with Gasteiger partial charge >= 0.3 is 0 Å². The predicted molar refractivity (Wildman–Crippen MR) is 115 cm³/mol. The number of sulfone groups is 1. The van der Waals surface area contributed by atoms with E-state index in [2.05, 4.69) is 15.0 Å². The van der Waals surface area contributed by atoms with E-state index in [1.54, 1.807) is 36.4 Å². The molecule has 6 nitrogen and oxygen atoms in total. The number of piperazine rings is 1. The molecule has 1 atom stereocenters. The van der Waals surface area contributed by atoms with Gasteiger partial charge in [0.1, 0.15) is 5.82 Å². The smallest absolute Gasteiger partial charge is 0.182 e. The van der Waals surface area contributed by atoms with Gasteiger partial charge in [0.15, 0.2) is 9.84 Å². The summed E-state index contributed by atoms with van der Waals surface area (Å²) in [6, 6.07) is 13.3. The van der Waals surface area contributed by atoms with E-state index in [4.69, 9.17) is 0 Å². The molecule has 2 aromatic carbocycles. The zero-order chi connectivity index (χ0) is 21.1. The molecule has 2 aromatic rings. The van der Waals surface area contributed by atoms with Crippen LogP contribution in [0.25, 0.3) is 0 Å².